The summed E-state index contributed by atoms with van der Waals surface area (Å²) in [5.41, 5.74) is 0.506. The Bertz CT molecular complexity index is 958. The van der Waals surface area contributed by atoms with Crippen LogP contribution in [0.4, 0.5) is 0 Å². The number of benzene rings is 3. The Balaban J connectivity index is 1.46. The predicted molar refractivity (Wildman–Crippen MR) is 106 cm³/mol. The highest BCUT2D eigenvalue weighted by atomic mass is 16.6. The van der Waals surface area contributed by atoms with E-state index in [4.69, 9.17) is 14.2 Å². The molecule has 0 aliphatic carbocycles. The summed E-state index contributed by atoms with van der Waals surface area (Å²) >= 11 is 0. The maximum atomic E-state index is 13.0. The summed E-state index contributed by atoms with van der Waals surface area (Å²) in [5.74, 6) is 2.51. The molecule has 4 rings (SSSR count). The highest BCUT2D eigenvalue weighted by Crippen LogP contribution is 2.31. The zero-order valence-electron chi connectivity index (χ0n) is 15.6. The Morgan fingerprint density at radius 1 is 0.964 bits per heavy atom. The van der Waals surface area contributed by atoms with Crippen LogP contribution in [0.25, 0.3) is 0 Å². The van der Waals surface area contributed by atoms with E-state index < -0.39 is 0 Å². The lowest BCUT2D eigenvalue weighted by atomic mass is 10.1. The van der Waals surface area contributed by atoms with Gasteiger partial charge in [-0.3, -0.25) is 4.79 Å². The number of amides is 1. The summed E-state index contributed by atoms with van der Waals surface area (Å²) in [4.78, 5) is 14.7. The molecule has 1 atom stereocenters. The fourth-order valence-electron chi connectivity index (χ4n) is 3.09. The number of likely N-dealkylation sites (N-methyl/N-ethyl adjacent to an activating group) is 1. The molecule has 1 aliphatic heterocycles. The second kappa shape index (κ2) is 8.05. The van der Waals surface area contributed by atoms with Crippen LogP contribution < -0.4 is 14.2 Å². The molecule has 1 unspecified atom stereocenters. The minimum atomic E-state index is -0.231. The topological polar surface area (TPSA) is 48.0 Å². The van der Waals surface area contributed by atoms with Gasteiger partial charge in [0.15, 0.2) is 17.6 Å². The molecular weight excluding hydrogens is 354 g/mol. The van der Waals surface area contributed by atoms with Gasteiger partial charge in [0.25, 0.3) is 5.91 Å². The third-order valence-electron chi connectivity index (χ3n) is 4.48. The summed E-state index contributed by atoms with van der Waals surface area (Å²) in [6.07, 6.45) is -0.231. The molecule has 0 radical (unpaired) electrons. The zero-order valence-corrected chi connectivity index (χ0v) is 15.6. The number of nitrogens with zero attached hydrogens (tertiary/aromatic N) is 1. The Kier molecular flexibility index (Phi) is 5.15. The standard InChI is InChI=1S/C23H21NO4/c1-24(15-18-16-26-21-13-7-8-14-22(21)28-18)23(25)19-11-5-6-12-20(19)27-17-9-3-2-4-10-17/h2-14,18H,15-16H2,1H3. The number of hydrogen-bond donors (Lipinski definition) is 0. The van der Waals surface area contributed by atoms with Crippen LogP contribution in [0.3, 0.4) is 0 Å². The lowest BCUT2D eigenvalue weighted by Gasteiger charge is -2.29. The van der Waals surface area contributed by atoms with E-state index in [2.05, 4.69) is 0 Å². The molecular formula is C23H21NO4. The van der Waals surface area contributed by atoms with Crippen molar-refractivity contribution < 1.29 is 19.0 Å². The van der Waals surface area contributed by atoms with Crippen molar-refractivity contribution in [2.24, 2.45) is 0 Å². The third-order valence-corrected chi connectivity index (χ3v) is 4.48. The molecule has 0 saturated heterocycles. The molecule has 0 fully saturated rings. The molecule has 5 nitrogen and oxygen atoms in total. The molecule has 1 amide bonds. The van der Waals surface area contributed by atoms with Crippen molar-refractivity contribution in [3.05, 3.63) is 84.4 Å². The van der Waals surface area contributed by atoms with Crippen molar-refractivity contribution in [3.63, 3.8) is 0 Å². The van der Waals surface area contributed by atoms with Crippen LogP contribution in [0.1, 0.15) is 10.4 Å². The maximum Gasteiger partial charge on any atom is 0.257 e. The fraction of sp³-hybridized carbons (Fsp3) is 0.174. The smallest absolute Gasteiger partial charge is 0.257 e. The summed E-state index contributed by atoms with van der Waals surface area (Å²) < 4.78 is 17.6. The van der Waals surface area contributed by atoms with Gasteiger partial charge in [-0.05, 0) is 36.4 Å². The van der Waals surface area contributed by atoms with Crippen molar-refractivity contribution >= 4 is 5.91 Å². The van der Waals surface area contributed by atoms with Crippen molar-refractivity contribution in [2.75, 3.05) is 20.2 Å². The average molecular weight is 375 g/mol. The van der Waals surface area contributed by atoms with Gasteiger partial charge in [0, 0.05) is 7.05 Å². The van der Waals surface area contributed by atoms with E-state index in [0.29, 0.717) is 36.0 Å². The highest BCUT2D eigenvalue weighted by Gasteiger charge is 2.25. The molecule has 0 bridgehead atoms. The van der Waals surface area contributed by atoms with Gasteiger partial charge in [-0.1, -0.05) is 42.5 Å². The number of ether oxygens (including phenoxy) is 3. The van der Waals surface area contributed by atoms with Gasteiger partial charge < -0.3 is 19.1 Å². The first kappa shape index (κ1) is 17.9. The molecule has 1 heterocycles. The number of rotatable bonds is 5. The number of hydrogen-bond acceptors (Lipinski definition) is 4. The van der Waals surface area contributed by atoms with Gasteiger partial charge in [-0.15, -0.1) is 0 Å². The van der Waals surface area contributed by atoms with E-state index >= 15 is 0 Å². The van der Waals surface area contributed by atoms with E-state index in [9.17, 15) is 4.79 Å². The Labute approximate surface area is 164 Å². The van der Waals surface area contributed by atoms with Crippen LogP contribution >= 0.6 is 0 Å². The maximum absolute atomic E-state index is 13.0. The van der Waals surface area contributed by atoms with Crippen LogP contribution in [0.15, 0.2) is 78.9 Å². The quantitative estimate of drug-likeness (QED) is 0.664. The van der Waals surface area contributed by atoms with Crippen molar-refractivity contribution in [1.29, 1.82) is 0 Å². The van der Waals surface area contributed by atoms with Crippen LogP contribution in [0.5, 0.6) is 23.0 Å². The lowest BCUT2D eigenvalue weighted by molar-refractivity contribution is 0.0519. The molecule has 3 aromatic carbocycles. The van der Waals surface area contributed by atoms with Crippen molar-refractivity contribution in [1.82, 2.24) is 4.90 Å². The molecule has 0 saturated carbocycles. The van der Waals surface area contributed by atoms with E-state index in [1.165, 1.54) is 0 Å². The van der Waals surface area contributed by atoms with Gasteiger partial charge >= 0.3 is 0 Å². The Hall–Kier alpha value is -3.47. The highest BCUT2D eigenvalue weighted by molar-refractivity contribution is 5.96. The summed E-state index contributed by atoms with van der Waals surface area (Å²) in [6.45, 7) is 0.809. The first-order chi connectivity index (χ1) is 13.7. The number of fused-ring (bicyclic) bond motifs is 1. The van der Waals surface area contributed by atoms with Gasteiger partial charge in [0.1, 0.15) is 18.1 Å². The van der Waals surface area contributed by atoms with E-state index in [1.807, 2.05) is 66.7 Å². The summed E-state index contributed by atoms with van der Waals surface area (Å²) in [7, 11) is 1.76. The zero-order chi connectivity index (χ0) is 19.3. The van der Waals surface area contributed by atoms with Gasteiger partial charge in [-0.25, -0.2) is 0 Å². The second-order valence-corrected chi connectivity index (χ2v) is 6.59. The predicted octanol–water partition coefficient (Wildman–Crippen LogP) is 4.39. The molecule has 0 N–H and O–H groups in total. The van der Waals surface area contributed by atoms with Crippen molar-refractivity contribution in [3.8, 4) is 23.0 Å². The molecule has 0 aromatic heterocycles. The molecule has 1 aliphatic rings. The Morgan fingerprint density at radius 2 is 1.64 bits per heavy atom. The van der Waals surface area contributed by atoms with Crippen LogP contribution in [-0.4, -0.2) is 37.1 Å². The lowest BCUT2D eigenvalue weighted by Crippen LogP contribution is -2.41. The van der Waals surface area contributed by atoms with E-state index in [0.717, 1.165) is 5.75 Å². The first-order valence-corrected chi connectivity index (χ1v) is 9.16. The second-order valence-electron chi connectivity index (χ2n) is 6.59. The Morgan fingerprint density at radius 3 is 2.46 bits per heavy atom. The van der Waals surface area contributed by atoms with E-state index in [-0.39, 0.29) is 12.0 Å². The normalized spacial score (nSPS) is 15.0. The molecule has 0 spiro atoms. The minimum absolute atomic E-state index is 0.131. The molecule has 3 aromatic rings. The first-order valence-electron chi connectivity index (χ1n) is 9.16. The van der Waals surface area contributed by atoms with Gasteiger partial charge in [0.2, 0.25) is 0 Å². The van der Waals surface area contributed by atoms with Gasteiger partial charge in [-0.2, -0.15) is 0 Å². The van der Waals surface area contributed by atoms with Crippen LogP contribution in [-0.2, 0) is 0 Å². The average Bonchev–Trinajstić information content (AvgIpc) is 2.74. The minimum Gasteiger partial charge on any atom is -0.486 e. The summed E-state index contributed by atoms with van der Waals surface area (Å²) in [5, 5.41) is 0. The number of carbonyl (C=O) groups excluding carboxylic acids is 1. The van der Waals surface area contributed by atoms with E-state index in [1.54, 1.807) is 24.1 Å². The number of para-hydroxylation sites is 4. The summed E-state index contributed by atoms with van der Waals surface area (Å²) in [6, 6.07) is 24.2. The SMILES string of the molecule is CN(CC1COc2ccccc2O1)C(=O)c1ccccc1Oc1ccccc1. The largest absolute Gasteiger partial charge is 0.486 e. The van der Waals surface area contributed by atoms with Crippen LogP contribution in [0, 0.1) is 0 Å². The number of carbonyl (C=O) groups is 1. The van der Waals surface area contributed by atoms with Crippen LogP contribution in [0.2, 0.25) is 0 Å². The molecule has 28 heavy (non-hydrogen) atoms. The van der Waals surface area contributed by atoms with Gasteiger partial charge in [0.05, 0.1) is 12.1 Å². The molecule has 5 heteroatoms. The third kappa shape index (κ3) is 3.93. The molecule has 142 valence electrons. The monoisotopic (exact) mass is 375 g/mol. The fourth-order valence-corrected chi connectivity index (χ4v) is 3.09. The van der Waals surface area contributed by atoms with Crippen molar-refractivity contribution in [2.45, 2.75) is 6.10 Å².